The Morgan fingerprint density at radius 1 is 1.50 bits per heavy atom. The first kappa shape index (κ1) is 12.4. The predicted molar refractivity (Wildman–Crippen MR) is 57.9 cm³/mol. The summed E-state index contributed by atoms with van der Waals surface area (Å²) < 4.78 is 10.6. The van der Waals surface area contributed by atoms with Gasteiger partial charge in [-0.3, -0.25) is 0 Å². The normalized spacial score (nSPS) is 10.9. The maximum Gasteiger partial charge on any atom is 0.251 e. The monoisotopic (exact) mass is 221 g/mol. The van der Waals surface area contributed by atoms with Crippen molar-refractivity contribution in [2.45, 2.75) is 25.9 Å². The zero-order chi connectivity index (χ0) is 12.0. The highest BCUT2D eigenvalue weighted by molar-refractivity contribution is 5.35. The number of hydrogen-bond donors (Lipinski definition) is 0. The van der Waals surface area contributed by atoms with Gasteiger partial charge in [0.05, 0.1) is 18.4 Å². The van der Waals surface area contributed by atoms with Crippen molar-refractivity contribution in [3.8, 4) is 11.9 Å². The van der Waals surface area contributed by atoms with E-state index < -0.39 is 0 Å². The third-order valence-corrected chi connectivity index (χ3v) is 2.30. The number of methoxy groups -OCH3 is 1. The molecule has 0 bridgehead atoms. The van der Waals surface area contributed by atoms with Gasteiger partial charge in [0.15, 0.2) is 0 Å². The molecule has 5 heteroatoms. The third kappa shape index (κ3) is 3.48. The van der Waals surface area contributed by atoms with Crippen molar-refractivity contribution < 1.29 is 9.47 Å². The fraction of sp³-hybridized carbons (Fsp3) is 0.545. The lowest BCUT2D eigenvalue weighted by Gasteiger charge is -2.22. The van der Waals surface area contributed by atoms with E-state index in [1.807, 2.05) is 19.9 Å². The number of nitrogens with zero attached hydrogens (tertiary/aromatic N) is 3. The zero-order valence-electron chi connectivity index (χ0n) is 9.73. The van der Waals surface area contributed by atoms with Crippen LogP contribution in [0.15, 0.2) is 12.3 Å². The van der Waals surface area contributed by atoms with Crippen molar-refractivity contribution >= 4 is 0 Å². The topological polar surface area (TPSA) is 68.0 Å². The quantitative estimate of drug-likeness (QED) is 0.754. The molecule has 0 spiro atoms. The van der Waals surface area contributed by atoms with E-state index in [4.69, 9.17) is 14.7 Å². The lowest BCUT2D eigenvalue weighted by molar-refractivity contribution is 0.00498. The minimum Gasteiger partial charge on any atom is -0.476 e. The van der Waals surface area contributed by atoms with Crippen LogP contribution in [0.1, 0.15) is 25.8 Å². The van der Waals surface area contributed by atoms with Crippen LogP contribution in [-0.2, 0) is 4.74 Å². The first-order valence-corrected chi connectivity index (χ1v) is 4.99. The van der Waals surface area contributed by atoms with Crippen molar-refractivity contribution in [2.75, 3.05) is 13.7 Å². The van der Waals surface area contributed by atoms with Gasteiger partial charge >= 0.3 is 0 Å². The van der Waals surface area contributed by atoms with Crippen LogP contribution in [0, 0.1) is 11.3 Å². The fourth-order valence-corrected chi connectivity index (χ4v) is 1.01. The highest BCUT2D eigenvalue weighted by Crippen LogP contribution is 2.16. The van der Waals surface area contributed by atoms with Crippen LogP contribution in [0.5, 0.6) is 5.88 Å². The minimum absolute atomic E-state index is 0.241. The lowest BCUT2D eigenvalue weighted by Crippen LogP contribution is -2.25. The molecule has 0 atom stereocenters. The first-order chi connectivity index (χ1) is 7.59. The largest absolute Gasteiger partial charge is 0.476 e. The second-order valence-electron chi connectivity index (χ2n) is 3.92. The number of hydrogen-bond acceptors (Lipinski definition) is 5. The Kier molecular flexibility index (Phi) is 4.20. The smallest absolute Gasteiger partial charge is 0.251 e. The van der Waals surface area contributed by atoms with Gasteiger partial charge in [-0.05, 0) is 19.9 Å². The molecule has 0 saturated heterocycles. The van der Waals surface area contributed by atoms with Crippen molar-refractivity contribution in [1.29, 1.82) is 5.26 Å². The molecule has 1 rings (SSSR count). The van der Waals surface area contributed by atoms with E-state index in [9.17, 15) is 0 Å². The summed E-state index contributed by atoms with van der Waals surface area (Å²) in [6.07, 6.45) is 2.18. The summed E-state index contributed by atoms with van der Waals surface area (Å²) in [6.45, 7) is 4.38. The van der Waals surface area contributed by atoms with E-state index in [1.54, 1.807) is 13.2 Å². The van der Waals surface area contributed by atoms with Gasteiger partial charge in [-0.25, -0.2) is 0 Å². The van der Waals surface area contributed by atoms with Gasteiger partial charge in [0.25, 0.3) is 5.88 Å². The first-order valence-electron chi connectivity index (χ1n) is 4.99. The molecule has 0 amide bonds. The van der Waals surface area contributed by atoms with Crippen LogP contribution in [0.3, 0.4) is 0 Å². The van der Waals surface area contributed by atoms with Crippen LogP contribution in [0.4, 0.5) is 0 Å². The van der Waals surface area contributed by atoms with Crippen molar-refractivity contribution in [3.63, 3.8) is 0 Å². The molecule has 0 aliphatic heterocycles. The van der Waals surface area contributed by atoms with Crippen molar-refractivity contribution in [1.82, 2.24) is 10.2 Å². The van der Waals surface area contributed by atoms with E-state index >= 15 is 0 Å². The molecule has 5 nitrogen and oxygen atoms in total. The van der Waals surface area contributed by atoms with E-state index in [0.29, 0.717) is 18.6 Å². The molecule has 0 aromatic carbocycles. The number of nitriles is 1. The molecule has 0 fully saturated rings. The predicted octanol–water partition coefficient (Wildman–Crippen LogP) is 1.54. The Labute approximate surface area is 95.0 Å². The molecule has 0 unspecified atom stereocenters. The molecule has 1 aromatic rings. The summed E-state index contributed by atoms with van der Waals surface area (Å²) in [7, 11) is 1.66. The molecule has 0 radical (unpaired) electrons. The molecule has 0 saturated carbocycles. The standard InChI is InChI=1S/C11H15N3O2/c1-11(2,15-3)5-7-16-10-9(8-12)4-6-13-14-10/h4,6H,5,7H2,1-3H3. The Hall–Kier alpha value is -1.67. The van der Waals surface area contributed by atoms with E-state index in [2.05, 4.69) is 10.2 Å². The maximum absolute atomic E-state index is 8.80. The summed E-state index contributed by atoms with van der Waals surface area (Å²) in [4.78, 5) is 0. The van der Waals surface area contributed by atoms with Gasteiger partial charge in [0, 0.05) is 13.5 Å². The van der Waals surface area contributed by atoms with Crippen LogP contribution in [-0.4, -0.2) is 29.5 Å². The molecular formula is C11H15N3O2. The van der Waals surface area contributed by atoms with Crippen LogP contribution < -0.4 is 4.74 Å². The minimum atomic E-state index is -0.241. The van der Waals surface area contributed by atoms with Gasteiger partial charge in [-0.2, -0.15) is 10.4 Å². The summed E-state index contributed by atoms with van der Waals surface area (Å²) >= 11 is 0. The maximum atomic E-state index is 8.80. The van der Waals surface area contributed by atoms with Crippen molar-refractivity contribution in [3.05, 3.63) is 17.8 Å². The van der Waals surface area contributed by atoms with Crippen molar-refractivity contribution in [2.24, 2.45) is 0 Å². The average Bonchev–Trinajstić information content (AvgIpc) is 2.29. The van der Waals surface area contributed by atoms with E-state index in [-0.39, 0.29) is 11.5 Å². The van der Waals surface area contributed by atoms with Gasteiger partial charge in [-0.1, -0.05) is 0 Å². The van der Waals surface area contributed by atoms with Gasteiger partial charge < -0.3 is 9.47 Å². The molecule has 86 valence electrons. The second kappa shape index (κ2) is 5.42. The van der Waals surface area contributed by atoms with Gasteiger partial charge in [-0.15, -0.1) is 5.10 Å². The molecule has 0 N–H and O–H groups in total. The number of aromatic nitrogens is 2. The summed E-state index contributed by atoms with van der Waals surface area (Å²) in [5.74, 6) is 0.275. The SMILES string of the molecule is COC(C)(C)CCOc1nnccc1C#N. The summed E-state index contributed by atoms with van der Waals surface area (Å²) in [6, 6.07) is 3.57. The van der Waals surface area contributed by atoms with Crippen LogP contribution >= 0.6 is 0 Å². The van der Waals surface area contributed by atoms with Crippen LogP contribution in [0.25, 0.3) is 0 Å². The Morgan fingerprint density at radius 3 is 2.88 bits per heavy atom. The molecule has 0 aliphatic carbocycles. The Bertz CT molecular complexity index is 385. The summed E-state index contributed by atoms with van der Waals surface area (Å²) in [5, 5.41) is 16.2. The van der Waals surface area contributed by atoms with Crippen LogP contribution in [0.2, 0.25) is 0 Å². The Morgan fingerprint density at radius 2 is 2.25 bits per heavy atom. The highest BCUT2D eigenvalue weighted by atomic mass is 16.5. The molecule has 16 heavy (non-hydrogen) atoms. The zero-order valence-corrected chi connectivity index (χ0v) is 9.73. The third-order valence-electron chi connectivity index (χ3n) is 2.30. The molecule has 1 heterocycles. The van der Waals surface area contributed by atoms with Gasteiger partial charge in [0.2, 0.25) is 0 Å². The fourth-order valence-electron chi connectivity index (χ4n) is 1.01. The number of ether oxygens (including phenoxy) is 2. The van der Waals surface area contributed by atoms with E-state index in [1.165, 1.54) is 6.20 Å². The van der Waals surface area contributed by atoms with E-state index in [0.717, 1.165) is 0 Å². The molecule has 0 aliphatic rings. The highest BCUT2D eigenvalue weighted by Gasteiger charge is 2.16. The average molecular weight is 221 g/mol. The van der Waals surface area contributed by atoms with Gasteiger partial charge in [0.1, 0.15) is 11.6 Å². The molecule has 1 aromatic heterocycles. The second-order valence-corrected chi connectivity index (χ2v) is 3.92. The Balaban J connectivity index is 2.53. The lowest BCUT2D eigenvalue weighted by atomic mass is 10.1. The summed E-state index contributed by atoms with van der Waals surface area (Å²) in [5.41, 5.74) is 0.153. The molecular weight excluding hydrogens is 206 g/mol. The number of rotatable bonds is 5.